The molecule has 0 radical (unpaired) electrons. The van der Waals surface area contributed by atoms with Gasteiger partial charge in [-0.1, -0.05) is 55.5 Å². The maximum atomic E-state index is 13.9. The third-order valence-corrected chi connectivity index (χ3v) is 8.14. The Balaban J connectivity index is 1.30. The van der Waals surface area contributed by atoms with Gasteiger partial charge in [0.05, 0.1) is 25.4 Å². The van der Waals surface area contributed by atoms with Gasteiger partial charge in [0.15, 0.2) is 5.69 Å². The van der Waals surface area contributed by atoms with Crippen LogP contribution in [0.1, 0.15) is 67.9 Å². The van der Waals surface area contributed by atoms with Crippen LogP contribution in [0.3, 0.4) is 0 Å². The van der Waals surface area contributed by atoms with Crippen molar-refractivity contribution in [2.24, 2.45) is 0 Å². The topological polar surface area (TPSA) is 83.8 Å². The molecule has 1 saturated carbocycles. The fourth-order valence-electron chi connectivity index (χ4n) is 6.13. The molecule has 3 aliphatic rings. The van der Waals surface area contributed by atoms with Crippen LogP contribution in [0.4, 0.5) is 5.69 Å². The number of rotatable bonds is 5. The second-order valence-electron chi connectivity index (χ2n) is 10.3. The number of hydrogen-bond donors (Lipinski definition) is 0. The molecule has 9 heteroatoms. The summed E-state index contributed by atoms with van der Waals surface area (Å²) in [6.07, 6.45) is 11.0. The molecule has 194 valence electrons. The normalized spacial score (nSPS) is 24.4. The number of piperazine rings is 1. The molecule has 1 aromatic carbocycles. The summed E-state index contributed by atoms with van der Waals surface area (Å²) in [5.74, 6) is -0.249. The zero-order chi connectivity index (χ0) is 24.9. The Morgan fingerprint density at radius 1 is 0.917 bits per heavy atom. The highest BCUT2D eigenvalue weighted by Gasteiger charge is 2.43. The summed E-state index contributed by atoms with van der Waals surface area (Å²) in [5, 5.41) is 8.25. The fourth-order valence-corrected chi connectivity index (χ4v) is 6.13. The second-order valence-corrected chi connectivity index (χ2v) is 10.3. The van der Waals surface area contributed by atoms with E-state index in [1.807, 2.05) is 6.07 Å². The Labute approximate surface area is 213 Å². The van der Waals surface area contributed by atoms with Crippen LogP contribution in [0.15, 0.2) is 36.5 Å². The van der Waals surface area contributed by atoms with E-state index in [1.165, 1.54) is 44.9 Å². The van der Waals surface area contributed by atoms with Crippen molar-refractivity contribution < 1.29 is 14.3 Å². The van der Waals surface area contributed by atoms with Gasteiger partial charge in [0.2, 0.25) is 5.91 Å². The maximum absolute atomic E-state index is 13.9. The monoisotopic (exact) mass is 494 g/mol. The molecule has 3 fully saturated rings. The molecule has 9 nitrogen and oxygen atoms in total. The largest absolute Gasteiger partial charge is 0.464 e. The van der Waals surface area contributed by atoms with Crippen molar-refractivity contribution in [1.82, 2.24) is 24.8 Å². The van der Waals surface area contributed by atoms with Gasteiger partial charge < -0.3 is 14.5 Å². The third-order valence-electron chi connectivity index (χ3n) is 8.14. The van der Waals surface area contributed by atoms with Crippen molar-refractivity contribution in [3.8, 4) is 0 Å². The molecule has 1 aliphatic carbocycles. The first-order valence-corrected chi connectivity index (χ1v) is 13.5. The number of likely N-dealkylation sites (tertiary alicyclic amines) is 1. The molecule has 2 aliphatic heterocycles. The van der Waals surface area contributed by atoms with Crippen molar-refractivity contribution in [2.75, 3.05) is 44.7 Å². The van der Waals surface area contributed by atoms with Crippen molar-refractivity contribution in [3.63, 3.8) is 0 Å². The number of nitrogens with zero attached hydrogens (tertiary/aromatic N) is 6. The standard InChI is InChI=1S/C27H38N6O3/c1-36-27(35)24-20-33(29-28-24)23-18-25(32(19-23)22-12-6-3-2-4-7-13-22)26(34)31-16-14-30(15-17-31)21-10-8-5-9-11-21/h5,8-11,20,22-23,25H,2-4,6-7,12-19H2,1H3/t23-,25+/m1/s1. The summed E-state index contributed by atoms with van der Waals surface area (Å²) in [5.41, 5.74) is 1.43. The van der Waals surface area contributed by atoms with Gasteiger partial charge in [0, 0.05) is 44.5 Å². The third kappa shape index (κ3) is 5.40. The Hall–Kier alpha value is -2.94. The van der Waals surface area contributed by atoms with Crippen LogP contribution < -0.4 is 4.90 Å². The predicted molar refractivity (Wildman–Crippen MR) is 137 cm³/mol. The van der Waals surface area contributed by atoms with Crippen molar-refractivity contribution in [2.45, 2.75) is 69.5 Å². The Bertz CT molecular complexity index is 1010. The maximum Gasteiger partial charge on any atom is 0.360 e. The number of amides is 1. The van der Waals surface area contributed by atoms with E-state index in [4.69, 9.17) is 4.74 Å². The first-order valence-electron chi connectivity index (χ1n) is 13.5. The molecular formula is C27H38N6O3. The number of carbonyl (C=O) groups is 2. The minimum Gasteiger partial charge on any atom is -0.464 e. The van der Waals surface area contributed by atoms with E-state index in [1.54, 1.807) is 10.9 Å². The lowest BCUT2D eigenvalue weighted by Gasteiger charge is -2.40. The number of anilines is 1. The minimum absolute atomic E-state index is 0.0147. The molecule has 2 aromatic rings. The molecule has 2 atom stereocenters. The summed E-state index contributed by atoms with van der Waals surface area (Å²) in [6, 6.07) is 10.7. The number of methoxy groups -OCH3 is 1. The highest BCUT2D eigenvalue weighted by molar-refractivity contribution is 5.86. The lowest BCUT2D eigenvalue weighted by atomic mass is 9.95. The van der Waals surface area contributed by atoms with E-state index in [9.17, 15) is 9.59 Å². The van der Waals surface area contributed by atoms with Gasteiger partial charge in [-0.05, 0) is 31.4 Å². The van der Waals surface area contributed by atoms with E-state index in [-0.39, 0.29) is 23.7 Å². The number of benzene rings is 1. The van der Waals surface area contributed by atoms with E-state index in [0.717, 1.165) is 45.6 Å². The SMILES string of the molecule is COC(=O)c1cn([C@@H]2C[C@@H](C(=O)N3CCN(c4ccccc4)CC3)N(C3CCCCCCC3)C2)nn1. The number of carbonyl (C=O) groups excluding carboxylic acids is 2. The summed E-state index contributed by atoms with van der Waals surface area (Å²) >= 11 is 0. The van der Waals surface area contributed by atoms with E-state index >= 15 is 0 Å². The lowest BCUT2D eigenvalue weighted by molar-refractivity contribution is -0.137. The summed E-state index contributed by atoms with van der Waals surface area (Å²) in [4.78, 5) is 32.7. The summed E-state index contributed by atoms with van der Waals surface area (Å²) < 4.78 is 6.57. The van der Waals surface area contributed by atoms with Crippen molar-refractivity contribution in [3.05, 3.63) is 42.2 Å². The number of ether oxygens (including phenoxy) is 1. The zero-order valence-corrected chi connectivity index (χ0v) is 21.3. The Kier molecular flexibility index (Phi) is 7.84. The number of esters is 1. The average Bonchev–Trinajstić information content (AvgIpc) is 3.56. The van der Waals surface area contributed by atoms with Crippen LogP contribution in [0.2, 0.25) is 0 Å². The fraction of sp³-hybridized carbons (Fsp3) is 0.630. The zero-order valence-electron chi connectivity index (χ0n) is 21.3. The highest BCUT2D eigenvalue weighted by atomic mass is 16.5. The predicted octanol–water partition coefficient (Wildman–Crippen LogP) is 3.14. The summed E-state index contributed by atoms with van der Waals surface area (Å²) in [7, 11) is 1.35. The number of aromatic nitrogens is 3. The van der Waals surface area contributed by atoms with Crippen LogP contribution in [0.25, 0.3) is 0 Å². The first kappa shape index (κ1) is 24.7. The molecule has 3 heterocycles. The van der Waals surface area contributed by atoms with Gasteiger partial charge in [-0.2, -0.15) is 0 Å². The van der Waals surface area contributed by atoms with Crippen LogP contribution in [-0.4, -0.2) is 88.6 Å². The average molecular weight is 495 g/mol. The van der Waals surface area contributed by atoms with E-state index in [0.29, 0.717) is 12.5 Å². The number of hydrogen-bond acceptors (Lipinski definition) is 7. The van der Waals surface area contributed by atoms with Crippen LogP contribution in [0, 0.1) is 0 Å². The van der Waals surface area contributed by atoms with Crippen molar-refractivity contribution >= 4 is 17.6 Å². The molecular weight excluding hydrogens is 456 g/mol. The lowest BCUT2D eigenvalue weighted by Crippen LogP contribution is -2.55. The number of para-hydroxylation sites is 1. The molecule has 0 bridgehead atoms. The van der Waals surface area contributed by atoms with Gasteiger partial charge in [0.1, 0.15) is 0 Å². The molecule has 36 heavy (non-hydrogen) atoms. The molecule has 0 N–H and O–H groups in total. The second kappa shape index (κ2) is 11.4. The minimum atomic E-state index is -0.486. The molecule has 1 aromatic heterocycles. The molecule has 0 unspecified atom stereocenters. The first-order chi connectivity index (χ1) is 17.6. The van der Waals surface area contributed by atoms with Crippen LogP contribution in [-0.2, 0) is 9.53 Å². The van der Waals surface area contributed by atoms with E-state index < -0.39 is 5.97 Å². The summed E-state index contributed by atoms with van der Waals surface area (Å²) in [6.45, 7) is 3.93. The van der Waals surface area contributed by atoms with E-state index in [2.05, 4.69) is 49.3 Å². The van der Waals surface area contributed by atoms with Gasteiger partial charge in [-0.15, -0.1) is 5.10 Å². The highest BCUT2D eigenvalue weighted by Crippen LogP contribution is 2.34. The molecule has 2 saturated heterocycles. The molecule has 0 spiro atoms. The van der Waals surface area contributed by atoms with Crippen molar-refractivity contribution in [1.29, 1.82) is 0 Å². The van der Waals surface area contributed by atoms with Gasteiger partial charge in [-0.25, -0.2) is 9.48 Å². The van der Waals surface area contributed by atoms with Gasteiger partial charge in [-0.3, -0.25) is 9.69 Å². The Morgan fingerprint density at radius 3 is 2.31 bits per heavy atom. The van der Waals surface area contributed by atoms with Crippen LogP contribution >= 0.6 is 0 Å². The van der Waals surface area contributed by atoms with Gasteiger partial charge in [0.25, 0.3) is 0 Å². The molecule has 1 amide bonds. The smallest absolute Gasteiger partial charge is 0.360 e. The Morgan fingerprint density at radius 2 is 1.61 bits per heavy atom. The molecule has 5 rings (SSSR count). The quantitative estimate of drug-likeness (QED) is 0.591. The van der Waals surface area contributed by atoms with Gasteiger partial charge >= 0.3 is 5.97 Å². The van der Waals surface area contributed by atoms with Crippen LogP contribution in [0.5, 0.6) is 0 Å².